The van der Waals surface area contributed by atoms with Crippen LogP contribution in [0, 0.1) is 0 Å². The summed E-state index contributed by atoms with van der Waals surface area (Å²) in [6, 6.07) is 16.7. The minimum absolute atomic E-state index is 0.407. The van der Waals surface area contributed by atoms with Gasteiger partial charge in [0, 0.05) is 10.6 Å². The molecule has 0 aliphatic carbocycles. The molecule has 0 spiro atoms. The van der Waals surface area contributed by atoms with Crippen molar-refractivity contribution in [3.8, 4) is 0 Å². The second kappa shape index (κ2) is 5.31. The van der Waals surface area contributed by atoms with E-state index in [1.807, 2.05) is 48.5 Å². The van der Waals surface area contributed by atoms with Crippen molar-refractivity contribution >= 4 is 29.4 Å². The summed E-state index contributed by atoms with van der Waals surface area (Å²) in [6.45, 7) is 0. The van der Waals surface area contributed by atoms with Gasteiger partial charge >= 0.3 is 5.97 Å². The molecule has 1 heterocycles. The van der Waals surface area contributed by atoms with Gasteiger partial charge in [0.25, 0.3) is 0 Å². The zero-order valence-corrected chi connectivity index (χ0v) is 11.2. The minimum atomic E-state index is -0.469. The molecular weight excluding hydrogens is 274 g/mol. The van der Waals surface area contributed by atoms with Crippen LogP contribution in [0.3, 0.4) is 0 Å². The number of hydrogen-bond acceptors (Lipinski definition) is 3. The first kappa shape index (κ1) is 12.6. The maximum Gasteiger partial charge on any atom is 0.368 e. The second-order valence-electron chi connectivity index (χ2n) is 4.26. The van der Waals surface area contributed by atoms with Gasteiger partial charge in [0.2, 0.25) is 0 Å². The summed E-state index contributed by atoms with van der Waals surface area (Å²) in [5, 5.41) is 4.43. The number of rotatable bonds is 2. The van der Waals surface area contributed by atoms with Crippen molar-refractivity contribution in [3.63, 3.8) is 0 Å². The molecule has 0 radical (unpaired) electrons. The van der Waals surface area contributed by atoms with Crippen LogP contribution in [0.4, 0.5) is 0 Å². The van der Waals surface area contributed by atoms with Crippen LogP contribution in [0.15, 0.2) is 65.3 Å². The van der Waals surface area contributed by atoms with Gasteiger partial charge in [-0.25, -0.2) is 4.79 Å². The van der Waals surface area contributed by atoms with E-state index in [0.717, 1.165) is 11.1 Å². The Labute approximate surface area is 121 Å². The Morgan fingerprint density at radius 2 is 1.70 bits per heavy atom. The molecule has 3 rings (SSSR count). The van der Waals surface area contributed by atoms with Gasteiger partial charge in [0.1, 0.15) is 5.71 Å². The molecule has 4 heteroatoms. The van der Waals surface area contributed by atoms with Gasteiger partial charge in [0.05, 0.1) is 5.57 Å². The van der Waals surface area contributed by atoms with Crippen LogP contribution in [0.5, 0.6) is 0 Å². The SMILES string of the molecule is O=C1ON=C(c2ccccc2)C1=Cc1ccccc1Cl. The summed E-state index contributed by atoms with van der Waals surface area (Å²) >= 11 is 6.11. The molecule has 0 saturated carbocycles. The normalized spacial score (nSPS) is 16.1. The number of hydrogen-bond donors (Lipinski definition) is 0. The van der Waals surface area contributed by atoms with Gasteiger partial charge < -0.3 is 4.84 Å². The lowest BCUT2D eigenvalue weighted by Crippen LogP contribution is -2.06. The molecule has 0 aromatic heterocycles. The lowest BCUT2D eigenvalue weighted by molar-refractivity contribution is -0.136. The number of carbonyl (C=O) groups is 1. The number of carbonyl (C=O) groups excluding carboxylic acids is 1. The van der Waals surface area contributed by atoms with Crippen LogP contribution in [0.1, 0.15) is 11.1 Å². The van der Waals surface area contributed by atoms with Gasteiger partial charge in [0.15, 0.2) is 0 Å². The topological polar surface area (TPSA) is 38.7 Å². The fourth-order valence-corrected chi connectivity index (χ4v) is 2.15. The van der Waals surface area contributed by atoms with E-state index in [4.69, 9.17) is 16.4 Å². The van der Waals surface area contributed by atoms with E-state index in [1.165, 1.54) is 0 Å². The number of nitrogens with zero attached hydrogens (tertiary/aromatic N) is 1. The second-order valence-corrected chi connectivity index (χ2v) is 4.67. The first-order valence-electron chi connectivity index (χ1n) is 6.07. The lowest BCUT2D eigenvalue weighted by Gasteiger charge is -2.01. The molecule has 0 atom stereocenters. The average molecular weight is 284 g/mol. The highest BCUT2D eigenvalue weighted by Crippen LogP contribution is 2.24. The first-order chi connectivity index (χ1) is 9.75. The molecule has 0 fully saturated rings. The van der Waals surface area contributed by atoms with Crippen molar-refractivity contribution in [2.75, 3.05) is 0 Å². The molecule has 0 bridgehead atoms. The van der Waals surface area contributed by atoms with Crippen molar-refractivity contribution in [1.82, 2.24) is 0 Å². The van der Waals surface area contributed by atoms with E-state index in [9.17, 15) is 4.79 Å². The largest absolute Gasteiger partial charge is 0.368 e. The fourth-order valence-electron chi connectivity index (χ4n) is 1.96. The molecule has 98 valence electrons. The smallest absolute Gasteiger partial charge is 0.312 e. The van der Waals surface area contributed by atoms with Crippen LogP contribution in [0.2, 0.25) is 5.02 Å². The minimum Gasteiger partial charge on any atom is -0.312 e. The Hall–Kier alpha value is -2.39. The van der Waals surface area contributed by atoms with Crippen molar-refractivity contribution < 1.29 is 9.63 Å². The molecule has 0 saturated heterocycles. The van der Waals surface area contributed by atoms with Crippen molar-refractivity contribution in [2.24, 2.45) is 5.16 Å². The third-order valence-corrected chi connectivity index (χ3v) is 3.29. The molecule has 20 heavy (non-hydrogen) atoms. The zero-order chi connectivity index (χ0) is 13.9. The van der Waals surface area contributed by atoms with Crippen molar-refractivity contribution in [3.05, 3.63) is 76.3 Å². The van der Waals surface area contributed by atoms with Crippen molar-refractivity contribution in [2.45, 2.75) is 0 Å². The van der Waals surface area contributed by atoms with Gasteiger partial charge in [-0.15, -0.1) is 0 Å². The number of oxime groups is 1. The van der Waals surface area contributed by atoms with Gasteiger partial charge in [-0.1, -0.05) is 65.3 Å². The van der Waals surface area contributed by atoms with E-state index in [0.29, 0.717) is 16.3 Å². The summed E-state index contributed by atoms with van der Waals surface area (Å²) < 4.78 is 0. The van der Waals surface area contributed by atoms with E-state index in [1.54, 1.807) is 12.1 Å². The summed E-state index contributed by atoms with van der Waals surface area (Å²) in [7, 11) is 0. The third-order valence-electron chi connectivity index (χ3n) is 2.95. The number of benzene rings is 2. The molecule has 0 N–H and O–H groups in total. The molecule has 0 unspecified atom stereocenters. The van der Waals surface area contributed by atoms with Crippen LogP contribution in [-0.2, 0) is 9.63 Å². The van der Waals surface area contributed by atoms with Gasteiger partial charge in [-0.3, -0.25) is 0 Å². The maximum absolute atomic E-state index is 11.8. The predicted molar refractivity (Wildman–Crippen MR) is 78.5 cm³/mol. The number of halogens is 1. The molecule has 2 aromatic rings. The summed E-state index contributed by atoms with van der Waals surface area (Å²) in [4.78, 5) is 16.6. The summed E-state index contributed by atoms with van der Waals surface area (Å²) in [5.74, 6) is -0.469. The third kappa shape index (κ3) is 2.36. The first-order valence-corrected chi connectivity index (χ1v) is 6.45. The van der Waals surface area contributed by atoms with Gasteiger partial charge in [-0.2, -0.15) is 0 Å². The summed E-state index contributed by atoms with van der Waals surface area (Å²) in [6.07, 6.45) is 1.70. The van der Waals surface area contributed by atoms with E-state index >= 15 is 0 Å². The molecule has 3 nitrogen and oxygen atoms in total. The van der Waals surface area contributed by atoms with Crippen LogP contribution < -0.4 is 0 Å². The average Bonchev–Trinajstić information content (AvgIpc) is 2.84. The zero-order valence-electron chi connectivity index (χ0n) is 10.4. The molecular formula is C16H10ClNO2. The van der Waals surface area contributed by atoms with E-state index in [-0.39, 0.29) is 0 Å². The Morgan fingerprint density at radius 1 is 1.00 bits per heavy atom. The Morgan fingerprint density at radius 3 is 2.45 bits per heavy atom. The molecule has 0 amide bonds. The lowest BCUT2D eigenvalue weighted by atomic mass is 10.0. The molecule has 2 aromatic carbocycles. The Bertz CT molecular complexity index is 720. The highest BCUT2D eigenvalue weighted by molar-refractivity contribution is 6.34. The predicted octanol–water partition coefficient (Wildman–Crippen LogP) is 3.68. The maximum atomic E-state index is 11.8. The van der Waals surface area contributed by atoms with E-state index < -0.39 is 5.97 Å². The standard InChI is InChI=1S/C16H10ClNO2/c17-14-9-5-4-8-12(14)10-13-15(18-20-16(13)19)11-6-2-1-3-7-11/h1-10H. The molecule has 1 aliphatic heterocycles. The van der Waals surface area contributed by atoms with E-state index in [2.05, 4.69) is 5.16 Å². The van der Waals surface area contributed by atoms with Crippen LogP contribution in [0.25, 0.3) is 6.08 Å². The van der Waals surface area contributed by atoms with Crippen molar-refractivity contribution in [1.29, 1.82) is 0 Å². The van der Waals surface area contributed by atoms with Gasteiger partial charge in [-0.05, 0) is 17.7 Å². The highest BCUT2D eigenvalue weighted by Gasteiger charge is 2.26. The highest BCUT2D eigenvalue weighted by atomic mass is 35.5. The summed E-state index contributed by atoms with van der Waals surface area (Å²) in [5.41, 5.74) is 2.52. The van der Waals surface area contributed by atoms with Crippen LogP contribution >= 0.6 is 11.6 Å². The fraction of sp³-hybridized carbons (Fsp3) is 0. The monoisotopic (exact) mass is 283 g/mol. The Kier molecular flexibility index (Phi) is 3.35. The Balaban J connectivity index is 2.05. The molecule has 1 aliphatic rings. The quantitative estimate of drug-likeness (QED) is 0.623. The van der Waals surface area contributed by atoms with Crippen LogP contribution in [-0.4, -0.2) is 11.7 Å².